The van der Waals surface area contributed by atoms with E-state index in [9.17, 15) is 8.42 Å². The molecule has 2 aliphatic rings. The Morgan fingerprint density at radius 3 is 3.00 bits per heavy atom. The van der Waals surface area contributed by atoms with Crippen LogP contribution in [0.15, 0.2) is 23.1 Å². The first-order valence-corrected chi connectivity index (χ1v) is 9.39. The fourth-order valence-electron chi connectivity index (χ4n) is 3.50. The Morgan fingerprint density at radius 1 is 1.33 bits per heavy atom. The van der Waals surface area contributed by atoms with Crippen LogP contribution < -0.4 is 10.0 Å². The SMILES string of the molecule is CC1CCCC(CNS(=O)(=O)c2ccc3c(c2)CCN3)C1. The zero-order valence-electron chi connectivity index (χ0n) is 12.6. The molecule has 1 heterocycles. The van der Waals surface area contributed by atoms with Crippen LogP contribution in [-0.2, 0) is 16.4 Å². The van der Waals surface area contributed by atoms with Gasteiger partial charge in [-0.15, -0.1) is 0 Å². The van der Waals surface area contributed by atoms with Crippen LogP contribution in [0.1, 0.15) is 38.2 Å². The Hall–Kier alpha value is -1.07. The first-order chi connectivity index (χ1) is 10.0. The second-order valence-corrected chi connectivity index (χ2v) is 8.25. The standard InChI is InChI=1S/C16H24N2O2S/c1-12-3-2-4-13(9-12)11-18-21(19,20)15-5-6-16-14(10-15)7-8-17-16/h5-6,10,12-13,17-18H,2-4,7-9,11H2,1H3. The largest absolute Gasteiger partial charge is 0.384 e. The molecule has 1 aliphatic heterocycles. The second kappa shape index (κ2) is 5.97. The maximum absolute atomic E-state index is 12.4. The number of anilines is 1. The zero-order valence-corrected chi connectivity index (χ0v) is 13.4. The Bertz CT molecular complexity index is 613. The van der Waals surface area contributed by atoms with Gasteiger partial charge in [-0.05, 0) is 54.9 Å². The van der Waals surface area contributed by atoms with Crippen molar-refractivity contribution >= 4 is 15.7 Å². The van der Waals surface area contributed by atoms with Crippen LogP contribution in [0, 0.1) is 11.8 Å². The highest BCUT2D eigenvalue weighted by Gasteiger charge is 2.22. The molecule has 0 bridgehead atoms. The molecule has 3 rings (SSSR count). The third-order valence-electron chi connectivity index (χ3n) is 4.70. The maximum atomic E-state index is 12.4. The summed E-state index contributed by atoms with van der Waals surface area (Å²) in [6.45, 7) is 3.72. The van der Waals surface area contributed by atoms with Gasteiger partial charge in [0.05, 0.1) is 4.90 Å². The van der Waals surface area contributed by atoms with Crippen LogP contribution in [-0.4, -0.2) is 21.5 Å². The molecule has 0 amide bonds. The third-order valence-corrected chi connectivity index (χ3v) is 6.13. The molecule has 0 spiro atoms. The van der Waals surface area contributed by atoms with E-state index < -0.39 is 10.0 Å². The summed E-state index contributed by atoms with van der Waals surface area (Å²) in [6.07, 6.45) is 5.68. The van der Waals surface area contributed by atoms with Gasteiger partial charge in [0.1, 0.15) is 0 Å². The summed E-state index contributed by atoms with van der Waals surface area (Å²) >= 11 is 0. The van der Waals surface area contributed by atoms with Crippen molar-refractivity contribution in [2.24, 2.45) is 11.8 Å². The Balaban J connectivity index is 1.66. The Kier molecular flexibility index (Phi) is 4.22. The van der Waals surface area contributed by atoms with E-state index in [0.29, 0.717) is 17.4 Å². The van der Waals surface area contributed by atoms with Crippen molar-refractivity contribution in [3.8, 4) is 0 Å². The Morgan fingerprint density at radius 2 is 2.19 bits per heavy atom. The van der Waals surface area contributed by atoms with E-state index in [0.717, 1.165) is 43.0 Å². The quantitative estimate of drug-likeness (QED) is 0.899. The van der Waals surface area contributed by atoms with E-state index >= 15 is 0 Å². The zero-order chi connectivity index (χ0) is 14.9. The predicted molar refractivity (Wildman–Crippen MR) is 84.9 cm³/mol. The van der Waals surface area contributed by atoms with Crippen LogP contribution in [0.2, 0.25) is 0 Å². The number of fused-ring (bicyclic) bond motifs is 1. The highest BCUT2D eigenvalue weighted by Crippen LogP contribution is 2.29. The lowest BCUT2D eigenvalue weighted by Crippen LogP contribution is -2.31. The minimum absolute atomic E-state index is 0.397. The molecule has 0 saturated heterocycles. The molecular formula is C16H24N2O2S. The first-order valence-electron chi connectivity index (χ1n) is 7.91. The molecule has 2 atom stereocenters. The van der Waals surface area contributed by atoms with E-state index in [-0.39, 0.29) is 0 Å². The van der Waals surface area contributed by atoms with Crippen molar-refractivity contribution in [1.29, 1.82) is 0 Å². The summed E-state index contributed by atoms with van der Waals surface area (Å²) in [5.74, 6) is 1.21. The van der Waals surface area contributed by atoms with Gasteiger partial charge in [0.2, 0.25) is 10.0 Å². The molecule has 116 valence electrons. The van der Waals surface area contributed by atoms with Gasteiger partial charge in [-0.2, -0.15) is 0 Å². The molecule has 0 aromatic heterocycles. The molecular weight excluding hydrogens is 284 g/mol. The molecule has 2 N–H and O–H groups in total. The number of hydrogen-bond donors (Lipinski definition) is 2. The average molecular weight is 308 g/mol. The summed E-state index contributed by atoms with van der Waals surface area (Å²) in [4.78, 5) is 0.397. The summed E-state index contributed by atoms with van der Waals surface area (Å²) in [5.41, 5.74) is 2.17. The molecule has 1 aliphatic carbocycles. The maximum Gasteiger partial charge on any atom is 0.240 e. The molecule has 2 unspecified atom stereocenters. The molecule has 0 radical (unpaired) electrons. The molecule has 21 heavy (non-hydrogen) atoms. The average Bonchev–Trinajstić information content (AvgIpc) is 2.93. The fraction of sp³-hybridized carbons (Fsp3) is 0.625. The van der Waals surface area contributed by atoms with E-state index in [1.807, 2.05) is 6.07 Å². The Labute approximate surface area is 127 Å². The first kappa shape index (κ1) is 14.9. The highest BCUT2D eigenvalue weighted by atomic mass is 32.2. The second-order valence-electron chi connectivity index (χ2n) is 6.49. The van der Waals surface area contributed by atoms with Gasteiger partial charge in [0, 0.05) is 18.8 Å². The molecule has 5 heteroatoms. The number of rotatable bonds is 4. The number of nitrogens with one attached hydrogen (secondary N) is 2. The third kappa shape index (κ3) is 3.40. The van der Waals surface area contributed by atoms with Crippen molar-refractivity contribution < 1.29 is 8.42 Å². The number of sulfonamides is 1. The van der Waals surface area contributed by atoms with Crippen molar-refractivity contribution in [3.63, 3.8) is 0 Å². The van der Waals surface area contributed by atoms with Gasteiger partial charge >= 0.3 is 0 Å². The van der Waals surface area contributed by atoms with E-state index in [1.165, 1.54) is 12.8 Å². The van der Waals surface area contributed by atoms with Gasteiger partial charge in [-0.3, -0.25) is 0 Å². The number of benzene rings is 1. The van der Waals surface area contributed by atoms with Crippen LogP contribution in [0.5, 0.6) is 0 Å². The van der Waals surface area contributed by atoms with Crippen molar-refractivity contribution in [1.82, 2.24) is 4.72 Å². The molecule has 4 nitrogen and oxygen atoms in total. The topological polar surface area (TPSA) is 58.2 Å². The lowest BCUT2D eigenvalue weighted by atomic mass is 9.83. The fourth-order valence-corrected chi connectivity index (χ4v) is 4.67. The van der Waals surface area contributed by atoms with Gasteiger partial charge in [-0.1, -0.05) is 19.8 Å². The van der Waals surface area contributed by atoms with Gasteiger partial charge < -0.3 is 5.32 Å². The summed E-state index contributed by atoms with van der Waals surface area (Å²) in [5, 5.41) is 3.25. The minimum Gasteiger partial charge on any atom is -0.384 e. The van der Waals surface area contributed by atoms with Crippen LogP contribution in [0.4, 0.5) is 5.69 Å². The van der Waals surface area contributed by atoms with Crippen molar-refractivity contribution in [2.45, 2.75) is 43.9 Å². The van der Waals surface area contributed by atoms with Crippen molar-refractivity contribution in [3.05, 3.63) is 23.8 Å². The normalized spacial score (nSPS) is 25.4. The minimum atomic E-state index is -3.38. The molecule has 1 aromatic carbocycles. The smallest absolute Gasteiger partial charge is 0.240 e. The van der Waals surface area contributed by atoms with Gasteiger partial charge in [0.25, 0.3) is 0 Å². The lowest BCUT2D eigenvalue weighted by molar-refractivity contribution is 0.283. The van der Waals surface area contributed by atoms with E-state index in [2.05, 4.69) is 17.0 Å². The highest BCUT2D eigenvalue weighted by molar-refractivity contribution is 7.89. The predicted octanol–water partition coefficient (Wildman–Crippen LogP) is 2.76. The molecule has 1 saturated carbocycles. The lowest BCUT2D eigenvalue weighted by Gasteiger charge is -2.26. The molecule has 1 fully saturated rings. The van der Waals surface area contributed by atoms with E-state index in [4.69, 9.17) is 0 Å². The molecule has 1 aromatic rings. The van der Waals surface area contributed by atoms with Crippen LogP contribution in [0.25, 0.3) is 0 Å². The summed E-state index contributed by atoms with van der Waals surface area (Å²) in [6, 6.07) is 5.38. The van der Waals surface area contributed by atoms with Gasteiger partial charge in [0.15, 0.2) is 0 Å². The van der Waals surface area contributed by atoms with Crippen molar-refractivity contribution in [2.75, 3.05) is 18.4 Å². The summed E-state index contributed by atoms with van der Waals surface area (Å²) < 4.78 is 27.7. The summed E-state index contributed by atoms with van der Waals surface area (Å²) in [7, 11) is -3.38. The van der Waals surface area contributed by atoms with E-state index in [1.54, 1.807) is 12.1 Å². The van der Waals surface area contributed by atoms with Gasteiger partial charge in [-0.25, -0.2) is 13.1 Å². The van der Waals surface area contributed by atoms with Crippen LogP contribution in [0.3, 0.4) is 0 Å². The number of hydrogen-bond acceptors (Lipinski definition) is 3. The van der Waals surface area contributed by atoms with Crippen LogP contribution >= 0.6 is 0 Å². The monoisotopic (exact) mass is 308 g/mol.